The number of benzene rings is 2. The van der Waals surface area contributed by atoms with Gasteiger partial charge in [-0.3, -0.25) is 14.9 Å². The lowest BCUT2D eigenvalue weighted by atomic mass is 10.1. The lowest BCUT2D eigenvalue weighted by molar-refractivity contribution is -0.384. The van der Waals surface area contributed by atoms with Crippen molar-refractivity contribution in [3.05, 3.63) is 69.6 Å². The van der Waals surface area contributed by atoms with E-state index in [4.69, 9.17) is 0 Å². The Labute approximate surface area is 190 Å². The number of hydrogen-bond acceptors (Lipinski definition) is 9. The normalized spacial score (nSPS) is 11.8. The molecule has 1 amide bonds. The van der Waals surface area contributed by atoms with E-state index in [1.54, 1.807) is 29.1 Å². The molecule has 2 aromatic carbocycles. The summed E-state index contributed by atoms with van der Waals surface area (Å²) in [6, 6.07) is 13.9. The van der Waals surface area contributed by atoms with Crippen LogP contribution in [0.2, 0.25) is 0 Å². The van der Waals surface area contributed by atoms with Crippen LogP contribution in [0.15, 0.2) is 59.1 Å². The molecule has 1 N–H and O–H groups in total. The zero-order chi connectivity index (χ0) is 22.7. The van der Waals surface area contributed by atoms with Gasteiger partial charge in [0.1, 0.15) is 0 Å². The molecule has 0 saturated carbocycles. The number of anilines is 1. The lowest BCUT2D eigenvalue weighted by Crippen LogP contribution is -2.22. The Morgan fingerprint density at radius 2 is 2.06 bits per heavy atom. The monoisotopic (exact) mass is 467 g/mol. The number of para-hydroxylation sites is 1. The van der Waals surface area contributed by atoms with Crippen molar-refractivity contribution >= 4 is 39.8 Å². The number of nitro benzene ring substituents is 1. The maximum absolute atomic E-state index is 12.7. The van der Waals surface area contributed by atoms with Crippen LogP contribution < -0.4 is 5.32 Å². The average Bonchev–Trinajstić information content (AvgIpc) is 3.44. The van der Waals surface area contributed by atoms with Gasteiger partial charge in [0.15, 0.2) is 5.13 Å². The number of thioether (sulfide) groups is 1. The molecule has 2 heterocycles. The summed E-state index contributed by atoms with van der Waals surface area (Å²) in [5.41, 5.74) is 3.00. The zero-order valence-electron chi connectivity index (χ0n) is 17.0. The van der Waals surface area contributed by atoms with Crippen molar-refractivity contribution in [1.29, 1.82) is 0 Å². The third-order valence-electron chi connectivity index (χ3n) is 4.52. The number of carbonyl (C=O) groups excluding carboxylic acids is 1. The highest BCUT2D eigenvalue weighted by Crippen LogP contribution is 2.29. The molecular formula is C20H17N7O3S2. The van der Waals surface area contributed by atoms with Gasteiger partial charge in [-0.15, -0.1) is 16.4 Å². The largest absolute Gasteiger partial charge is 0.301 e. The predicted octanol–water partition coefficient (Wildman–Crippen LogP) is 4.12. The Kier molecular flexibility index (Phi) is 6.23. The SMILES string of the molecule is Cc1ccccc1-n1nnnc1SC(C)C(=O)Nc1nc(-c2cccc([N+](=O)[O-])c2)cs1. The number of aryl methyl sites for hydroxylation is 1. The fourth-order valence-electron chi connectivity index (χ4n) is 2.87. The van der Waals surface area contributed by atoms with E-state index in [1.165, 1.54) is 35.2 Å². The number of rotatable bonds is 7. The quantitative estimate of drug-likeness (QED) is 0.244. The van der Waals surface area contributed by atoms with Crippen LogP contribution in [0.25, 0.3) is 16.9 Å². The number of nitrogens with one attached hydrogen (secondary N) is 1. The number of hydrogen-bond donors (Lipinski definition) is 1. The van der Waals surface area contributed by atoms with Gasteiger partial charge in [-0.05, 0) is 35.9 Å². The van der Waals surface area contributed by atoms with Gasteiger partial charge in [-0.1, -0.05) is 42.1 Å². The number of nitrogens with zero attached hydrogens (tertiary/aromatic N) is 6. The third kappa shape index (κ3) is 4.65. The summed E-state index contributed by atoms with van der Waals surface area (Å²) < 4.78 is 1.60. The minimum absolute atomic E-state index is 0.0162. The van der Waals surface area contributed by atoms with Gasteiger partial charge in [0.25, 0.3) is 5.69 Å². The van der Waals surface area contributed by atoms with E-state index in [1.807, 2.05) is 31.2 Å². The van der Waals surface area contributed by atoms with Crippen molar-refractivity contribution in [1.82, 2.24) is 25.2 Å². The molecule has 10 nitrogen and oxygen atoms in total. The van der Waals surface area contributed by atoms with Gasteiger partial charge < -0.3 is 5.32 Å². The Bertz CT molecular complexity index is 1290. The van der Waals surface area contributed by atoms with Crippen LogP contribution in [0.5, 0.6) is 0 Å². The van der Waals surface area contributed by atoms with Crippen LogP contribution >= 0.6 is 23.1 Å². The summed E-state index contributed by atoms with van der Waals surface area (Å²) in [4.78, 5) is 27.6. The Hall–Kier alpha value is -3.64. The fraction of sp³-hybridized carbons (Fsp3) is 0.150. The highest BCUT2D eigenvalue weighted by atomic mass is 32.2. The molecule has 1 unspecified atom stereocenters. The molecule has 32 heavy (non-hydrogen) atoms. The number of carbonyl (C=O) groups is 1. The number of non-ortho nitro benzene ring substituents is 1. The number of tetrazole rings is 1. The van der Waals surface area contributed by atoms with Crippen molar-refractivity contribution in [3.8, 4) is 16.9 Å². The lowest BCUT2D eigenvalue weighted by Gasteiger charge is -2.11. The predicted molar refractivity (Wildman–Crippen MR) is 122 cm³/mol. The first-order valence-electron chi connectivity index (χ1n) is 9.44. The van der Waals surface area contributed by atoms with E-state index < -0.39 is 10.2 Å². The molecule has 162 valence electrons. The summed E-state index contributed by atoms with van der Waals surface area (Å²) in [5, 5.41) is 27.8. The Morgan fingerprint density at radius 3 is 2.84 bits per heavy atom. The first kappa shape index (κ1) is 21.6. The summed E-state index contributed by atoms with van der Waals surface area (Å²) in [7, 11) is 0. The van der Waals surface area contributed by atoms with Crippen LogP contribution in [0, 0.1) is 17.0 Å². The maximum Gasteiger partial charge on any atom is 0.270 e. The second-order valence-electron chi connectivity index (χ2n) is 6.75. The topological polar surface area (TPSA) is 129 Å². The maximum atomic E-state index is 12.7. The molecule has 1 atom stereocenters. The molecule has 0 fully saturated rings. The van der Waals surface area contributed by atoms with E-state index >= 15 is 0 Å². The van der Waals surface area contributed by atoms with Crippen molar-refractivity contribution < 1.29 is 9.72 Å². The molecule has 0 radical (unpaired) electrons. The molecule has 4 rings (SSSR count). The van der Waals surface area contributed by atoms with Crippen LogP contribution in [0.4, 0.5) is 10.8 Å². The number of amides is 1. The second-order valence-corrected chi connectivity index (χ2v) is 8.92. The van der Waals surface area contributed by atoms with Crippen molar-refractivity contribution in [2.45, 2.75) is 24.3 Å². The average molecular weight is 468 g/mol. The first-order valence-corrected chi connectivity index (χ1v) is 11.2. The summed E-state index contributed by atoms with van der Waals surface area (Å²) in [5.74, 6) is -0.255. The molecule has 0 bridgehead atoms. The van der Waals surface area contributed by atoms with Crippen LogP contribution in [0.3, 0.4) is 0 Å². The summed E-state index contributed by atoms with van der Waals surface area (Å²) >= 11 is 2.48. The van der Waals surface area contributed by atoms with Gasteiger partial charge in [0.2, 0.25) is 11.1 Å². The van der Waals surface area contributed by atoms with Gasteiger partial charge >= 0.3 is 0 Å². The molecule has 12 heteroatoms. The molecule has 2 aromatic heterocycles. The Morgan fingerprint density at radius 1 is 1.25 bits per heavy atom. The minimum Gasteiger partial charge on any atom is -0.301 e. The van der Waals surface area contributed by atoms with E-state index in [0.29, 0.717) is 21.5 Å². The van der Waals surface area contributed by atoms with E-state index in [9.17, 15) is 14.9 Å². The van der Waals surface area contributed by atoms with E-state index in [-0.39, 0.29) is 11.6 Å². The second kappa shape index (κ2) is 9.24. The number of aromatic nitrogens is 5. The third-order valence-corrected chi connectivity index (χ3v) is 6.31. The number of nitro groups is 1. The highest BCUT2D eigenvalue weighted by molar-refractivity contribution is 8.00. The van der Waals surface area contributed by atoms with Crippen molar-refractivity contribution in [2.75, 3.05) is 5.32 Å². The molecule has 0 spiro atoms. The van der Waals surface area contributed by atoms with Crippen molar-refractivity contribution in [2.24, 2.45) is 0 Å². The molecule has 0 saturated heterocycles. The van der Waals surface area contributed by atoms with Crippen LogP contribution in [0.1, 0.15) is 12.5 Å². The molecule has 0 aliphatic carbocycles. The van der Waals surface area contributed by atoms with Gasteiger partial charge in [0.05, 0.1) is 21.6 Å². The number of thiazole rings is 1. The van der Waals surface area contributed by atoms with Gasteiger partial charge in [-0.25, -0.2) is 4.98 Å². The fourth-order valence-corrected chi connectivity index (χ4v) is 4.39. The molecule has 0 aliphatic heterocycles. The highest BCUT2D eigenvalue weighted by Gasteiger charge is 2.21. The first-order chi connectivity index (χ1) is 15.4. The summed E-state index contributed by atoms with van der Waals surface area (Å²) in [6.45, 7) is 3.72. The molecule has 4 aromatic rings. The Balaban J connectivity index is 1.45. The van der Waals surface area contributed by atoms with E-state index in [2.05, 4.69) is 25.8 Å². The molecule has 0 aliphatic rings. The smallest absolute Gasteiger partial charge is 0.270 e. The van der Waals surface area contributed by atoms with E-state index in [0.717, 1.165) is 11.3 Å². The minimum atomic E-state index is -0.492. The molecular weight excluding hydrogens is 450 g/mol. The van der Waals surface area contributed by atoms with Crippen molar-refractivity contribution in [3.63, 3.8) is 0 Å². The van der Waals surface area contributed by atoms with Crippen LogP contribution in [-0.4, -0.2) is 41.3 Å². The van der Waals surface area contributed by atoms with Gasteiger partial charge in [-0.2, -0.15) is 4.68 Å². The van der Waals surface area contributed by atoms with Gasteiger partial charge in [0, 0.05) is 23.1 Å². The summed E-state index contributed by atoms with van der Waals surface area (Å²) in [6.07, 6.45) is 0. The standard InChI is InChI=1S/C20H17N7O3S2/c1-12-6-3-4-9-17(12)26-20(23-24-25-26)32-13(2)18(28)22-19-21-16(11-31-19)14-7-5-8-15(10-14)27(29)30/h3-11,13H,1-2H3,(H,21,22,28). The van der Waals surface area contributed by atoms with Crippen LogP contribution in [-0.2, 0) is 4.79 Å². The zero-order valence-corrected chi connectivity index (χ0v) is 18.6.